The number of carbonyl (C=O) groups excluding carboxylic acids is 1. The number of hydrogen-bond donors (Lipinski definition) is 3. The van der Waals surface area contributed by atoms with E-state index in [4.69, 9.17) is 0 Å². The highest BCUT2D eigenvalue weighted by Gasteiger charge is 2.30. The summed E-state index contributed by atoms with van der Waals surface area (Å²) >= 11 is 0. The molecule has 0 amide bonds. The van der Waals surface area contributed by atoms with Gasteiger partial charge in [0, 0.05) is 79.1 Å². The van der Waals surface area contributed by atoms with Gasteiger partial charge in [-0.05, 0) is 25.1 Å². The molecule has 1 fully saturated rings. The summed E-state index contributed by atoms with van der Waals surface area (Å²) in [6.07, 6.45) is 0.223. The average Bonchev–Trinajstić information content (AvgIpc) is 3.48. The average molecular weight is 498 g/mol. The Morgan fingerprint density at radius 1 is 1.19 bits per heavy atom. The maximum Gasteiger partial charge on any atom is 0.300 e. The molecule has 5 rings (SSSR count). The minimum atomic E-state index is -3.09. The number of aliphatic hydroxyl groups excluding tert-OH is 2. The van der Waals surface area contributed by atoms with E-state index in [1.54, 1.807) is 46.8 Å². The number of rotatable bonds is 7. The van der Waals surface area contributed by atoms with Crippen LogP contribution >= 0.6 is 0 Å². The fourth-order valence-electron chi connectivity index (χ4n) is 4.44. The SMILES string of the molecule is Cc1nn(-c2ccnc(Nc3ccc4c(c3)c(C(=O)C(F)F)cn4C)n2)cc1CN1C[C@@H](O)[C@@H](O)C1. The maximum absolute atomic E-state index is 13.1. The lowest BCUT2D eigenvalue weighted by molar-refractivity contribution is 0.0572. The zero-order valence-corrected chi connectivity index (χ0v) is 19.6. The number of ketones is 1. The van der Waals surface area contributed by atoms with Gasteiger partial charge in [0.15, 0.2) is 5.82 Å². The first-order valence-corrected chi connectivity index (χ1v) is 11.3. The van der Waals surface area contributed by atoms with Gasteiger partial charge in [0.1, 0.15) is 0 Å². The van der Waals surface area contributed by atoms with Crippen LogP contribution in [0.15, 0.2) is 42.9 Å². The molecule has 3 aromatic heterocycles. The summed E-state index contributed by atoms with van der Waals surface area (Å²) in [5.41, 5.74) is 2.88. The summed E-state index contributed by atoms with van der Waals surface area (Å²) in [6.45, 7) is 3.20. The molecule has 0 radical (unpaired) electrons. The van der Waals surface area contributed by atoms with E-state index in [0.717, 1.165) is 11.3 Å². The Morgan fingerprint density at radius 3 is 2.67 bits per heavy atom. The van der Waals surface area contributed by atoms with Crippen LogP contribution in [0.3, 0.4) is 0 Å². The molecule has 0 unspecified atom stereocenters. The number of likely N-dealkylation sites (tertiary alicyclic amines) is 1. The van der Waals surface area contributed by atoms with Crippen molar-refractivity contribution in [2.75, 3.05) is 18.4 Å². The molecule has 1 saturated heterocycles. The number of aliphatic hydroxyl groups is 2. The van der Waals surface area contributed by atoms with Gasteiger partial charge in [-0.3, -0.25) is 9.69 Å². The Morgan fingerprint density at radius 2 is 1.94 bits per heavy atom. The van der Waals surface area contributed by atoms with Crippen LogP contribution in [-0.4, -0.2) is 76.9 Å². The van der Waals surface area contributed by atoms with Crippen molar-refractivity contribution in [3.8, 4) is 5.82 Å². The quantitative estimate of drug-likeness (QED) is 0.332. The highest BCUT2D eigenvalue weighted by molar-refractivity contribution is 6.10. The van der Waals surface area contributed by atoms with E-state index in [1.165, 1.54) is 6.20 Å². The van der Waals surface area contributed by atoms with Crippen molar-refractivity contribution in [2.45, 2.75) is 32.1 Å². The van der Waals surface area contributed by atoms with Crippen LogP contribution in [0.2, 0.25) is 0 Å². The van der Waals surface area contributed by atoms with Gasteiger partial charge in [-0.1, -0.05) is 0 Å². The van der Waals surface area contributed by atoms with Crippen LogP contribution in [-0.2, 0) is 13.6 Å². The second-order valence-corrected chi connectivity index (χ2v) is 8.93. The zero-order chi connectivity index (χ0) is 25.6. The van der Waals surface area contributed by atoms with Crippen molar-refractivity contribution < 1.29 is 23.8 Å². The number of fused-ring (bicyclic) bond motifs is 1. The topological polar surface area (TPSA) is 121 Å². The molecule has 12 heteroatoms. The molecule has 4 aromatic rings. The minimum absolute atomic E-state index is 0.0431. The molecule has 0 spiro atoms. The number of alkyl halides is 2. The number of aromatic nitrogens is 5. The van der Waals surface area contributed by atoms with Crippen LogP contribution in [0.1, 0.15) is 21.6 Å². The summed E-state index contributed by atoms with van der Waals surface area (Å²) < 4.78 is 29.4. The van der Waals surface area contributed by atoms with E-state index in [1.807, 2.05) is 18.0 Å². The molecule has 188 valence electrons. The van der Waals surface area contributed by atoms with Gasteiger partial charge >= 0.3 is 6.43 Å². The fraction of sp³-hybridized carbons (Fsp3) is 0.333. The highest BCUT2D eigenvalue weighted by atomic mass is 19.3. The number of Topliss-reactive ketones (excluding diaryl/α,β-unsaturated/α-hetero) is 1. The molecular formula is C24H25F2N7O3. The number of aryl methyl sites for hydroxylation is 2. The van der Waals surface area contributed by atoms with Gasteiger partial charge in [-0.25, -0.2) is 18.4 Å². The molecule has 1 aromatic carbocycles. The van der Waals surface area contributed by atoms with Gasteiger partial charge < -0.3 is 20.1 Å². The number of nitrogens with one attached hydrogen (secondary N) is 1. The van der Waals surface area contributed by atoms with Gasteiger partial charge in [0.2, 0.25) is 11.7 Å². The van der Waals surface area contributed by atoms with Crippen molar-refractivity contribution in [2.24, 2.45) is 7.05 Å². The van der Waals surface area contributed by atoms with E-state index in [2.05, 4.69) is 20.4 Å². The Balaban J connectivity index is 1.38. The van der Waals surface area contributed by atoms with Gasteiger partial charge in [-0.15, -0.1) is 0 Å². The summed E-state index contributed by atoms with van der Waals surface area (Å²) in [5, 5.41) is 27.6. The van der Waals surface area contributed by atoms with Gasteiger partial charge in [0.05, 0.1) is 17.9 Å². The summed E-state index contributed by atoms with van der Waals surface area (Å²) in [7, 11) is 1.69. The van der Waals surface area contributed by atoms with Crippen molar-refractivity contribution in [3.63, 3.8) is 0 Å². The third kappa shape index (κ3) is 4.57. The number of benzene rings is 1. The van der Waals surface area contributed by atoms with Crippen molar-refractivity contribution >= 4 is 28.3 Å². The van der Waals surface area contributed by atoms with Crippen LogP contribution < -0.4 is 5.32 Å². The lowest BCUT2D eigenvalue weighted by atomic mass is 10.1. The standard InChI is InChI=1S/C24H25F2N7O3/c1-13-14(8-32-11-19(34)20(35)12-32)9-33(30-13)21-5-6-27-24(29-21)28-15-3-4-18-16(7-15)17(10-31(18)2)22(36)23(25)26/h3-7,9-10,19-20,23,34-35H,8,11-12H2,1-2H3,(H,27,28,29)/t19-,20+. The summed E-state index contributed by atoms with van der Waals surface area (Å²) in [6, 6.07) is 6.81. The van der Waals surface area contributed by atoms with Gasteiger partial charge in [-0.2, -0.15) is 10.1 Å². The molecular weight excluding hydrogens is 472 g/mol. The first-order valence-electron chi connectivity index (χ1n) is 11.3. The third-order valence-electron chi connectivity index (χ3n) is 6.31. The highest BCUT2D eigenvalue weighted by Crippen LogP contribution is 2.27. The second-order valence-electron chi connectivity index (χ2n) is 8.93. The molecule has 2 atom stereocenters. The van der Waals surface area contributed by atoms with E-state index in [9.17, 15) is 23.8 Å². The molecule has 1 aliphatic rings. The number of nitrogens with zero attached hydrogens (tertiary/aromatic N) is 6. The number of carbonyl (C=O) groups is 1. The summed E-state index contributed by atoms with van der Waals surface area (Å²) in [4.78, 5) is 22.7. The van der Waals surface area contributed by atoms with E-state index in [0.29, 0.717) is 42.0 Å². The lowest BCUT2D eigenvalue weighted by Crippen LogP contribution is -2.22. The molecule has 10 nitrogen and oxygen atoms in total. The predicted octanol–water partition coefficient (Wildman–Crippen LogP) is 2.19. The smallest absolute Gasteiger partial charge is 0.300 e. The van der Waals surface area contributed by atoms with Crippen molar-refractivity contribution in [1.29, 1.82) is 0 Å². The predicted molar refractivity (Wildman–Crippen MR) is 128 cm³/mol. The molecule has 1 aliphatic heterocycles. The maximum atomic E-state index is 13.1. The van der Waals surface area contributed by atoms with E-state index < -0.39 is 24.4 Å². The monoisotopic (exact) mass is 497 g/mol. The van der Waals surface area contributed by atoms with Crippen LogP contribution in [0, 0.1) is 6.92 Å². The molecule has 36 heavy (non-hydrogen) atoms. The zero-order valence-electron chi connectivity index (χ0n) is 19.6. The number of hydrogen-bond acceptors (Lipinski definition) is 8. The second kappa shape index (κ2) is 9.37. The number of β-amino-alcohol motifs (C(OH)–C–C–N with tert-alkyl or cyclic N) is 2. The molecule has 0 bridgehead atoms. The van der Waals surface area contributed by atoms with Crippen LogP contribution in [0.25, 0.3) is 16.7 Å². The fourth-order valence-corrected chi connectivity index (χ4v) is 4.44. The van der Waals surface area contributed by atoms with Crippen molar-refractivity contribution in [1.82, 2.24) is 29.2 Å². The Kier molecular flexibility index (Phi) is 6.24. The molecule has 0 saturated carbocycles. The van der Waals surface area contributed by atoms with E-state index in [-0.39, 0.29) is 11.5 Å². The number of halogens is 2. The largest absolute Gasteiger partial charge is 0.389 e. The first-order chi connectivity index (χ1) is 17.2. The minimum Gasteiger partial charge on any atom is -0.389 e. The lowest BCUT2D eigenvalue weighted by Gasteiger charge is -2.13. The first kappa shape index (κ1) is 24.0. The Bertz CT molecular complexity index is 1420. The van der Waals surface area contributed by atoms with Crippen molar-refractivity contribution in [3.05, 3.63) is 59.7 Å². The number of anilines is 2. The Labute approximate surface area is 204 Å². The van der Waals surface area contributed by atoms with Gasteiger partial charge in [0.25, 0.3) is 0 Å². The van der Waals surface area contributed by atoms with Crippen LogP contribution in [0.4, 0.5) is 20.4 Å². The summed E-state index contributed by atoms with van der Waals surface area (Å²) in [5.74, 6) is -0.443. The molecule has 0 aliphatic carbocycles. The van der Waals surface area contributed by atoms with E-state index >= 15 is 0 Å². The van der Waals surface area contributed by atoms with Crippen LogP contribution in [0.5, 0.6) is 0 Å². The third-order valence-corrected chi connectivity index (χ3v) is 6.31. The normalized spacial score (nSPS) is 18.4. The Hall–Kier alpha value is -3.74. The molecule has 4 heterocycles. The molecule has 3 N–H and O–H groups in total.